The topological polar surface area (TPSA) is 110 Å². The van der Waals surface area contributed by atoms with E-state index < -0.39 is 12.1 Å². The predicted octanol–water partition coefficient (Wildman–Crippen LogP) is 0.550. The van der Waals surface area contributed by atoms with Crippen LogP contribution in [-0.4, -0.2) is 48.2 Å². The molecule has 1 amide bonds. The van der Waals surface area contributed by atoms with E-state index in [1.54, 1.807) is 24.3 Å². The lowest BCUT2D eigenvalue weighted by atomic mass is 10.2. The summed E-state index contributed by atoms with van der Waals surface area (Å²) in [4.78, 5) is 42.5. The van der Waals surface area contributed by atoms with Gasteiger partial charge in [0.05, 0.1) is 23.9 Å². The van der Waals surface area contributed by atoms with Gasteiger partial charge in [-0.15, -0.1) is 0 Å². The number of aromatic nitrogens is 2. The van der Waals surface area contributed by atoms with Gasteiger partial charge in [-0.05, 0) is 19.1 Å². The number of ether oxygens (including phenoxy) is 2. The van der Waals surface area contributed by atoms with Crippen LogP contribution in [0.5, 0.6) is 0 Å². The minimum absolute atomic E-state index is 0.0109. The Hall–Kier alpha value is -2.74. The van der Waals surface area contributed by atoms with E-state index >= 15 is 0 Å². The zero-order chi connectivity index (χ0) is 18.2. The first kappa shape index (κ1) is 18.6. The van der Waals surface area contributed by atoms with E-state index in [2.05, 4.69) is 15.3 Å². The number of esters is 1. The summed E-state index contributed by atoms with van der Waals surface area (Å²) >= 11 is 0. The number of para-hydroxylation sites is 1. The number of aryl methyl sites for hydroxylation is 1. The van der Waals surface area contributed by atoms with Gasteiger partial charge in [-0.3, -0.25) is 14.4 Å². The lowest BCUT2D eigenvalue weighted by molar-refractivity contribution is -0.154. The standard InChI is InChI=1S/C17H21N3O5/c1-11(16(22)18-9-10-24-2)25-15(21)8-7-14-19-13-6-4-3-5-12(13)17(23)20-14/h3-6,11H,7-10H2,1-2H3,(H,18,22)(H,19,20,23)/t11-/m1/s1. The van der Waals surface area contributed by atoms with Crippen molar-refractivity contribution < 1.29 is 19.1 Å². The Kier molecular flexibility index (Phi) is 6.64. The molecule has 0 radical (unpaired) electrons. The van der Waals surface area contributed by atoms with Crippen LogP contribution in [0.15, 0.2) is 29.1 Å². The van der Waals surface area contributed by atoms with Gasteiger partial charge in [-0.2, -0.15) is 0 Å². The number of benzene rings is 1. The lowest BCUT2D eigenvalue weighted by Crippen LogP contribution is -2.37. The van der Waals surface area contributed by atoms with Crippen molar-refractivity contribution in [3.63, 3.8) is 0 Å². The van der Waals surface area contributed by atoms with Crippen LogP contribution in [0.2, 0.25) is 0 Å². The second kappa shape index (κ2) is 8.93. The molecule has 0 saturated carbocycles. The molecule has 0 spiro atoms. The highest BCUT2D eigenvalue weighted by Crippen LogP contribution is 2.07. The minimum atomic E-state index is -0.895. The average molecular weight is 347 g/mol. The summed E-state index contributed by atoms with van der Waals surface area (Å²) in [6, 6.07) is 6.97. The Morgan fingerprint density at radius 3 is 2.84 bits per heavy atom. The molecule has 8 nitrogen and oxygen atoms in total. The fourth-order valence-electron chi connectivity index (χ4n) is 2.20. The number of H-pyrrole nitrogens is 1. The van der Waals surface area contributed by atoms with E-state index in [1.165, 1.54) is 14.0 Å². The normalized spacial score (nSPS) is 11.9. The summed E-state index contributed by atoms with van der Waals surface area (Å²) < 4.78 is 9.89. The third-order valence-corrected chi connectivity index (χ3v) is 3.51. The highest BCUT2D eigenvalue weighted by atomic mass is 16.5. The van der Waals surface area contributed by atoms with E-state index in [-0.39, 0.29) is 24.3 Å². The van der Waals surface area contributed by atoms with Crippen LogP contribution in [0.1, 0.15) is 19.2 Å². The van der Waals surface area contributed by atoms with Crippen LogP contribution in [0.25, 0.3) is 10.9 Å². The molecule has 1 aromatic carbocycles. The molecule has 0 aliphatic heterocycles. The maximum Gasteiger partial charge on any atom is 0.307 e. The van der Waals surface area contributed by atoms with Crippen molar-refractivity contribution in [3.05, 3.63) is 40.4 Å². The third kappa shape index (κ3) is 5.39. The van der Waals surface area contributed by atoms with Gasteiger partial charge in [0.2, 0.25) is 0 Å². The number of carbonyl (C=O) groups excluding carboxylic acids is 2. The average Bonchev–Trinajstić information content (AvgIpc) is 2.60. The Balaban J connectivity index is 1.87. The van der Waals surface area contributed by atoms with Crippen LogP contribution >= 0.6 is 0 Å². The number of methoxy groups -OCH3 is 1. The van der Waals surface area contributed by atoms with E-state index in [0.717, 1.165) is 0 Å². The van der Waals surface area contributed by atoms with Crippen LogP contribution in [-0.2, 0) is 25.5 Å². The lowest BCUT2D eigenvalue weighted by Gasteiger charge is -2.13. The summed E-state index contributed by atoms with van der Waals surface area (Å²) in [5, 5.41) is 3.08. The molecule has 1 atom stereocenters. The molecule has 0 fully saturated rings. The van der Waals surface area contributed by atoms with Crippen molar-refractivity contribution in [2.45, 2.75) is 25.9 Å². The van der Waals surface area contributed by atoms with Gasteiger partial charge in [0.25, 0.3) is 11.5 Å². The maximum absolute atomic E-state index is 12.0. The van der Waals surface area contributed by atoms with E-state index in [9.17, 15) is 14.4 Å². The molecule has 0 bridgehead atoms. The van der Waals surface area contributed by atoms with Crippen molar-refractivity contribution in [2.24, 2.45) is 0 Å². The second-order valence-corrected chi connectivity index (χ2v) is 5.45. The van der Waals surface area contributed by atoms with Gasteiger partial charge < -0.3 is 19.8 Å². The maximum atomic E-state index is 12.0. The predicted molar refractivity (Wildman–Crippen MR) is 91.1 cm³/mol. The minimum Gasteiger partial charge on any atom is -0.453 e. The van der Waals surface area contributed by atoms with Crippen molar-refractivity contribution >= 4 is 22.8 Å². The van der Waals surface area contributed by atoms with E-state index in [0.29, 0.717) is 29.9 Å². The third-order valence-electron chi connectivity index (χ3n) is 3.51. The summed E-state index contributed by atoms with van der Waals surface area (Å²) in [7, 11) is 1.53. The summed E-state index contributed by atoms with van der Waals surface area (Å²) in [5.41, 5.74) is 0.320. The second-order valence-electron chi connectivity index (χ2n) is 5.45. The molecule has 0 saturated heterocycles. The van der Waals surface area contributed by atoms with Crippen LogP contribution < -0.4 is 10.9 Å². The van der Waals surface area contributed by atoms with Gasteiger partial charge in [0.1, 0.15) is 5.82 Å². The monoisotopic (exact) mass is 347 g/mol. The number of hydrogen-bond donors (Lipinski definition) is 2. The molecule has 134 valence electrons. The smallest absolute Gasteiger partial charge is 0.307 e. The Morgan fingerprint density at radius 2 is 2.08 bits per heavy atom. The molecule has 2 rings (SSSR count). The van der Waals surface area contributed by atoms with Gasteiger partial charge in [0.15, 0.2) is 6.10 Å². The zero-order valence-electron chi connectivity index (χ0n) is 14.2. The van der Waals surface area contributed by atoms with Gasteiger partial charge in [0, 0.05) is 20.1 Å². The fourth-order valence-corrected chi connectivity index (χ4v) is 2.20. The fraction of sp³-hybridized carbons (Fsp3) is 0.412. The molecule has 8 heteroatoms. The molecule has 0 aliphatic rings. The number of hydrogen-bond acceptors (Lipinski definition) is 6. The molecule has 2 aromatic rings. The van der Waals surface area contributed by atoms with Crippen LogP contribution in [0, 0.1) is 0 Å². The SMILES string of the molecule is COCCNC(=O)[C@@H](C)OC(=O)CCc1nc2ccccc2c(=O)[nH]1. The number of aromatic amines is 1. The Bertz CT molecular complexity index is 802. The molecule has 2 N–H and O–H groups in total. The summed E-state index contributed by atoms with van der Waals surface area (Å²) in [6.07, 6.45) is -0.665. The molecular formula is C17H21N3O5. The van der Waals surface area contributed by atoms with Gasteiger partial charge >= 0.3 is 5.97 Å². The molecular weight excluding hydrogens is 326 g/mol. The quantitative estimate of drug-likeness (QED) is 0.533. The zero-order valence-corrected chi connectivity index (χ0v) is 14.2. The number of nitrogens with one attached hydrogen (secondary N) is 2. The molecule has 25 heavy (non-hydrogen) atoms. The van der Waals surface area contributed by atoms with Crippen molar-refractivity contribution in [2.75, 3.05) is 20.3 Å². The highest BCUT2D eigenvalue weighted by molar-refractivity contribution is 5.83. The Morgan fingerprint density at radius 1 is 1.32 bits per heavy atom. The van der Waals surface area contributed by atoms with Gasteiger partial charge in [-0.25, -0.2) is 4.98 Å². The number of amides is 1. The molecule has 1 aromatic heterocycles. The summed E-state index contributed by atoms with van der Waals surface area (Å²) in [5.74, 6) is -0.523. The number of carbonyl (C=O) groups is 2. The molecule has 0 aliphatic carbocycles. The number of nitrogens with zero attached hydrogens (tertiary/aromatic N) is 1. The van der Waals surface area contributed by atoms with Crippen LogP contribution in [0.3, 0.4) is 0 Å². The molecule has 0 unspecified atom stereocenters. The first-order valence-corrected chi connectivity index (χ1v) is 7.95. The first-order chi connectivity index (χ1) is 12.0. The molecule has 1 heterocycles. The van der Waals surface area contributed by atoms with E-state index in [1.807, 2.05) is 0 Å². The largest absolute Gasteiger partial charge is 0.453 e. The number of fused-ring (bicyclic) bond motifs is 1. The van der Waals surface area contributed by atoms with Crippen molar-refractivity contribution in [1.82, 2.24) is 15.3 Å². The summed E-state index contributed by atoms with van der Waals surface area (Å²) in [6.45, 7) is 2.23. The highest BCUT2D eigenvalue weighted by Gasteiger charge is 2.17. The van der Waals surface area contributed by atoms with Gasteiger partial charge in [-0.1, -0.05) is 12.1 Å². The van der Waals surface area contributed by atoms with Crippen molar-refractivity contribution in [1.29, 1.82) is 0 Å². The van der Waals surface area contributed by atoms with Crippen molar-refractivity contribution in [3.8, 4) is 0 Å². The van der Waals surface area contributed by atoms with Crippen LogP contribution in [0.4, 0.5) is 0 Å². The first-order valence-electron chi connectivity index (χ1n) is 7.95. The Labute approximate surface area is 144 Å². The number of rotatable bonds is 8. The van der Waals surface area contributed by atoms with E-state index in [4.69, 9.17) is 9.47 Å².